The molecule has 29 heavy (non-hydrogen) atoms. The van der Waals surface area contributed by atoms with Gasteiger partial charge in [0.1, 0.15) is 0 Å². The van der Waals surface area contributed by atoms with Crippen LogP contribution in [-0.2, 0) is 14.9 Å². The van der Waals surface area contributed by atoms with Gasteiger partial charge in [-0.05, 0) is 43.0 Å². The molecule has 0 radical (unpaired) electrons. The van der Waals surface area contributed by atoms with Crippen molar-refractivity contribution >= 4 is 17.5 Å². The topological polar surface area (TPSA) is 41.6 Å². The molecule has 2 aromatic carbocycles. The second kappa shape index (κ2) is 8.86. The lowest BCUT2D eigenvalue weighted by molar-refractivity contribution is -0.130. The van der Waals surface area contributed by atoms with E-state index in [4.69, 9.17) is 16.3 Å². The molecule has 4 nitrogen and oxygen atoms in total. The van der Waals surface area contributed by atoms with E-state index in [2.05, 4.69) is 41.4 Å². The standard InChI is InChI=1S/C24H29ClN2O2/c1-18-6-8-19(9-7-18)22(27-12-14-29-15-13-27)17-26-23(28)24(10-3-11-24)20-4-2-5-21(25)16-20/h2,4-9,16,22H,3,10-15,17H2,1H3,(H,26,28). The smallest absolute Gasteiger partial charge is 0.230 e. The van der Waals surface area contributed by atoms with Crippen molar-refractivity contribution < 1.29 is 9.53 Å². The van der Waals surface area contributed by atoms with E-state index in [1.165, 1.54) is 11.1 Å². The van der Waals surface area contributed by atoms with Crippen LogP contribution in [0.15, 0.2) is 48.5 Å². The molecule has 1 aliphatic carbocycles. The average Bonchev–Trinajstić information content (AvgIpc) is 2.69. The van der Waals surface area contributed by atoms with Gasteiger partial charge in [-0.3, -0.25) is 9.69 Å². The van der Waals surface area contributed by atoms with Gasteiger partial charge in [0.15, 0.2) is 0 Å². The number of morpholine rings is 1. The molecule has 1 saturated heterocycles. The maximum absolute atomic E-state index is 13.3. The number of hydrogen-bond acceptors (Lipinski definition) is 3. The van der Waals surface area contributed by atoms with E-state index < -0.39 is 5.41 Å². The molecule has 5 heteroatoms. The Kier molecular flexibility index (Phi) is 6.23. The highest BCUT2D eigenvalue weighted by atomic mass is 35.5. The Hall–Kier alpha value is -1.88. The predicted molar refractivity (Wildman–Crippen MR) is 116 cm³/mol. The number of nitrogens with zero attached hydrogens (tertiary/aromatic N) is 1. The fourth-order valence-corrected chi connectivity index (χ4v) is 4.65. The van der Waals surface area contributed by atoms with E-state index in [0.717, 1.165) is 51.1 Å². The van der Waals surface area contributed by atoms with Crippen LogP contribution in [0.5, 0.6) is 0 Å². The lowest BCUT2D eigenvalue weighted by Gasteiger charge is -2.42. The zero-order chi connectivity index (χ0) is 20.3. The molecular weight excluding hydrogens is 384 g/mol. The largest absolute Gasteiger partial charge is 0.379 e. The van der Waals surface area contributed by atoms with Crippen LogP contribution in [-0.4, -0.2) is 43.7 Å². The van der Waals surface area contributed by atoms with Crippen LogP contribution in [0.4, 0.5) is 0 Å². The fourth-order valence-electron chi connectivity index (χ4n) is 4.46. The Balaban J connectivity index is 1.51. The van der Waals surface area contributed by atoms with Crippen LogP contribution in [0.25, 0.3) is 0 Å². The van der Waals surface area contributed by atoms with Crippen molar-refractivity contribution in [1.29, 1.82) is 0 Å². The zero-order valence-electron chi connectivity index (χ0n) is 17.0. The monoisotopic (exact) mass is 412 g/mol. The molecule has 154 valence electrons. The minimum absolute atomic E-state index is 0.122. The number of benzene rings is 2. The molecule has 1 N–H and O–H groups in total. The third-order valence-electron chi connectivity index (χ3n) is 6.42. The second-order valence-corrected chi connectivity index (χ2v) is 8.67. The summed E-state index contributed by atoms with van der Waals surface area (Å²) < 4.78 is 5.54. The first-order chi connectivity index (χ1) is 14.1. The summed E-state index contributed by atoms with van der Waals surface area (Å²) in [6.45, 7) is 5.94. The second-order valence-electron chi connectivity index (χ2n) is 8.23. The molecule has 4 rings (SSSR count). The number of aryl methyl sites for hydroxylation is 1. The molecule has 1 unspecified atom stereocenters. The minimum Gasteiger partial charge on any atom is -0.379 e. The number of carbonyl (C=O) groups is 1. The van der Waals surface area contributed by atoms with Crippen molar-refractivity contribution in [3.05, 3.63) is 70.2 Å². The molecule has 1 heterocycles. The van der Waals surface area contributed by atoms with Gasteiger partial charge in [-0.1, -0.05) is 60.0 Å². The summed E-state index contributed by atoms with van der Waals surface area (Å²) in [6.07, 6.45) is 2.84. The van der Waals surface area contributed by atoms with E-state index in [0.29, 0.717) is 11.6 Å². The van der Waals surface area contributed by atoms with Gasteiger partial charge in [0.05, 0.1) is 24.7 Å². The van der Waals surface area contributed by atoms with E-state index in [1.54, 1.807) is 0 Å². The van der Waals surface area contributed by atoms with Crippen LogP contribution in [0.3, 0.4) is 0 Å². The van der Waals surface area contributed by atoms with Crippen molar-refractivity contribution in [3.8, 4) is 0 Å². The number of nitrogens with one attached hydrogen (secondary N) is 1. The molecule has 1 aliphatic heterocycles. The molecule has 2 fully saturated rings. The number of amides is 1. The molecule has 2 aromatic rings. The number of halogens is 1. The van der Waals surface area contributed by atoms with E-state index in [-0.39, 0.29) is 11.9 Å². The Labute approximate surface area is 178 Å². The van der Waals surface area contributed by atoms with Crippen LogP contribution in [0.1, 0.15) is 42.0 Å². The van der Waals surface area contributed by atoms with Crippen molar-refractivity contribution in [3.63, 3.8) is 0 Å². The predicted octanol–water partition coefficient (Wildman–Crippen LogP) is 4.26. The first kappa shape index (κ1) is 20.4. The summed E-state index contributed by atoms with van der Waals surface area (Å²) in [6, 6.07) is 16.6. The Morgan fingerprint density at radius 2 is 1.90 bits per heavy atom. The molecule has 2 aliphatic rings. The first-order valence-electron chi connectivity index (χ1n) is 10.5. The normalized spacial score (nSPS) is 19.9. The van der Waals surface area contributed by atoms with Crippen LogP contribution >= 0.6 is 11.6 Å². The number of hydrogen-bond donors (Lipinski definition) is 1. The molecule has 1 saturated carbocycles. The van der Waals surface area contributed by atoms with Gasteiger partial charge >= 0.3 is 0 Å². The summed E-state index contributed by atoms with van der Waals surface area (Å²) in [5.74, 6) is 0.122. The lowest BCUT2D eigenvalue weighted by Crippen LogP contribution is -2.51. The third kappa shape index (κ3) is 4.35. The van der Waals surface area contributed by atoms with E-state index in [9.17, 15) is 4.79 Å². The number of rotatable bonds is 6. The van der Waals surface area contributed by atoms with Crippen molar-refractivity contribution in [1.82, 2.24) is 10.2 Å². The lowest BCUT2D eigenvalue weighted by atomic mass is 9.64. The van der Waals surface area contributed by atoms with Gasteiger partial charge in [0.2, 0.25) is 5.91 Å². The highest BCUT2D eigenvalue weighted by Crippen LogP contribution is 2.44. The van der Waals surface area contributed by atoms with Gasteiger partial charge in [-0.2, -0.15) is 0 Å². The van der Waals surface area contributed by atoms with Gasteiger partial charge < -0.3 is 10.1 Å². The maximum Gasteiger partial charge on any atom is 0.230 e. The van der Waals surface area contributed by atoms with Gasteiger partial charge in [0, 0.05) is 24.7 Å². The first-order valence-corrected chi connectivity index (χ1v) is 10.9. The molecule has 0 spiro atoms. The highest BCUT2D eigenvalue weighted by molar-refractivity contribution is 6.30. The SMILES string of the molecule is Cc1ccc(C(CNC(=O)C2(c3cccc(Cl)c3)CCC2)N2CCOCC2)cc1. The maximum atomic E-state index is 13.3. The summed E-state index contributed by atoms with van der Waals surface area (Å²) in [7, 11) is 0. The molecule has 1 atom stereocenters. The van der Waals surface area contributed by atoms with Crippen molar-refractivity contribution in [2.45, 2.75) is 37.6 Å². The van der Waals surface area contributed by atoms with Crippen LogP contribution < -0.4 is 5.32 Å². The Bertz CT molecular complexity index is 842. The minimum atomic E-state index is -0.437. The van der Waals surface area contributed by atoms with E-state index in [1.807, 2.05) is 24.3 Å². The summed E-state index contributed by atoms with van der Waals surface area (Å²) in [5, 5.41) is 3.98. The fraction of sp³-hybridized carbons (Fsp3) is 0.458. The van der Waals surface area contributed by atoms with Crippen molar-refractivity contribution in [2.75, 3.05) is 32.8 Å². The van der Waals surface area contributed by atoms with E-state index >= 15 is 0 Å². The van der Waals surface area contributed by atoms with Crippen LogP contribution in [0, 0.1) is 6.92 Å². The molecule has 0 aromatic heterocycles. The number of ether oxygens (including phenoxy) is 1. The summed E-state index contributed by atoms with van der Waals surface area (Å²) >= 11 is 6.21. The summed E-state index contributed by atoms with van der Waals surface area (Å²) in [4.78, 5) is 15.8. The summed E-state index contributed by atoms with van der Waals surface area (Å²) in [5.41, 5.74) is 3.08. The van der Waals surface area contributed by atoms with Crippen molar-refractivity contribution in [2.24, 2.45) is 0 Å². The van der Waals surface area contributed by atoms with Gasteiger partial charge in [-0.25, -0.2) is 0 Å². The molecule has 0 bridgehead atoms. The molecule has 1 amide bonds. The number of carbonyl (C=O) groups excluding carboxylic acids is 1. The third-order valence-corrected chi connectivity index (χ3v) is 6.66. The Morgan fingerprint density at radius 1 is 1.17 bits per heavy atom. The van der Waals surface area contributed by atoms with Gasteiger partial charge in [0.25, 0.3) is 0 Å². The highest BCUT2D eigenvalue weighted by Gasteiger charge is 2.45. The Morgan fingerprint density at radius 3 is 2.52 bits per heavy atom. The van der Waals surface area contributed by atoms with Crippen LogP contribution in [0.2, 0.25) is 5.02 Å². The zero-order valence-corrected chi connectivity index (χ0v) is 17.8. The molecular formula is C24H29ClN2O2. The average molecular weight is 413 g/mol. The van der Waals surface area contributed by atoms with Gasteiger partial charge in [-0.15, -0.1) is 0 Å². The quantitative estimate of drug-likeness (QED) is 0.770.